The fourth-order valence-electron chi connectivity index (χ4n) is 9.65. The first-order valence-electron chi connectivity index (χ1n) is 22.3. The van der Waals surface area contributed by atoms with Gasteiger partial charge in [0.2, 0.25) is 11.8 Å². The lowest BCUT2D eigenvalue weighted by Crippen LogP contribution is -2.43. The monoisotopic (exact) mass is 816 g/mol. The average molecular weight is 817 g/mol. The van der Waals surface area contributed by atoms with Crippen LogP contribution in [0.2, 0.25) is 0 Å². The van der Waals surface area contributed by atoms with Crippen LogP contribution in [-0.4, -0.2) is 90.6 Å². The number of aromatic nitrogens is 4. The van der Waals surface area contributed by atoms with E-state index in [2.05, 4.69) is 132 Å². The van der Waals surface area contributed by atoms with Gasteiger partial charge in [0.25, 0.3) is 0 Å². The first kappa shape index (κ1) is 41.9. The van der Waals surface area contributed by atoms with E-state index in [4.69, 9.17) is 9.97 Å². The molecule has 2 aliphatic heterocycles. The predicted octanol–water partition coefficient (Wildman–Crippen LogP) is 9.94. The van der Waals surface area contributed by atoms with Crippen LogP contribution in [-0.2, 0) is 9.59 Å². The average Bonchev–Trinajstić information content (AvgIpc) is 4.15. The number of imidazole rings is 2. The maximum Gasteiger partial charge on any atom is 0.245 e. The van der Waals surface area contributed by atoms with Crippen molar-refractivity contribution in [1.29, 1.82) is 0 Å². The molecule has 2 N–H and O–H groups in total. The lowest BCUT2D eigenvalue weighted by molar-refractivity contribution is -0.139. The SMILES string of the molecule is CCN(CC)[C@@H](C(=O)N1CCC[C@H]1c1ncc(-c2ccc(-c3ccc(-c4nc([C@@H]5CCCN5C(=O)[C@@H](c5ccccc5)N(CC)CC)[nH]c4C)cc3)cc2)[nH]1)c1ccccc1. The first-order chi connectivity index (χ1) is 29.8. The molecule has 316 valence electrons. The van der Waals surface area contributed by atoms with Gasteiger partial charge in [0.15, 0.2) is 0 Å². The van der Waals surface area contributed by atoms with E-state index >= 15 is 0 Å². The number of amides is 2. The molecule has 2 fully saturated rings. The molecule has 2 aromatic heterocycles. The fraction of sp³-hybridized carbons (Fsp3) is 0.373. The summed E-state index contributed by atoms with van der Waals surface area (Å²) in [5.74, 6) is 1.98. The summed E-state index contributed by atoms with van der Waals surface area (Å²) < 4.78 is 0. The maximum absolute atomic E-state index is 14.3. The van der Waals surface area contributed by atoms with E-state index in [9.17, 15) is 9.59 Å². The lowest BCUT2D eigenvalue weighted by atomic mass is 10.0. The molecule has 0 unspecified atom stereocenters. The van der Waals surface area contributed by atoms with E-state index in [1.807, 2.05) is 47.5 Å². The Labute approximate surface area is 361 Å². The van der Waals surface area contributed by atoms with Gasteiger partial charge in [-0.1, -0.05) is 137 Å². The van der Waals surface area contributed by atoms with Gasteiger partial charge in [-0.05, 0) is 86.6 Å². The van der Waals surface area contributed by atoms with Crippen molar-refractivity contribution in [3.8, 4) is 33.6 Å². The molecule has 2 saturated heterocycles. The minimum atomic E-state index is -0.317. The van der Waals surface area contributed by atoms with Gasteiger partial charge < -0.3 is 19.8 Å². The summed E-state index contributed by atoms with van der Waals surface area (Å²) in [4.78, 5) is 54.3. The van der Waals surface area contributed by atoms with E-state index in [0.717, 1.165) is 127 Å². The molecule has 2 amide bonds. The number of hydrogen-bond donors (Lipinski definition) is 2. The van der Waals surface area contributed by atoms with Crippen molar-refractivity contribution in [1.82, 2.24) is 39.5 Å². The quantitative estimate of drug-likeness (QED) is 0.107. The van der Waals surface area contributed by atoms with Gasteiger partial charge in [0, 0.05) is 24.3 Å². The third-order valence-electron chi connectivity index (χ3n) is 12.9. The Morgan fingerprint density at radius 1 is 0.607 bits per heavy atom. The highest BCUT2D eigenvalue weighted by Crippen LogP contribution is 2.38. The Morgan fingerprint density at radius 3 is 1.52 bits per heavy atom. The van der Waals surface area contributed by atoms with Crippen molar-refractivity contribution in [2.45, 2.75) is 84.5 Å². The second-order valence-electron chi connectivity index (χ2n) is 16.4. The fourth-order valence-corrected chi connectivity index (χ4v) is 9.65. The summed E-state index contributed by atoms with van der Waals surface area (Å²) in [6, 6.07) is 36.7. The van der Waals surface area contributed by atoms with Crippen molar-refractivity contribution in [2.75, 3.05) is 39.3 Å². The van der Waals surface area contributed by atoms with E-state index in [1.54, 1.807) is 0 Å². The minimum absolute atomic E-state index is 0.0841. The van der Waals surface area contributed by atoms with Crippen LogP contribution < -0.4 is 0 Å². The van der Waals surface area contributed by atoms with Gasteiger partial charge in [-0.3, -0.25) is 19.4 Å². The number of benzene rings is 4. The van der Waals surface area contributed by atoms with Gasteiger partial charge in [-0.2, -0.15) is 0 Å². The summed E-state index contributed by atoms with van der Waals surface area (Å²) in [7, 11) is 0. The minimum Gasteiger partial charge on any atom is -0.344 e. The number of aryl methyl sites for hydroxylation is 1. The molecule has 2 aliphatic rings. The Bertz CT molecular complexity index is 2360. The van der Waals surface area contributed by atoms with Gasteiger partial charge in [0.05, 0.1) is 29.7 Å². The summed E-state index contributed by atoms with van der Waals surface area (Å²) >= 11 is 0. The topological polar surface area (TPSA) is 104 Å². The molecule has 0 radical (unpaired) electrons. The molecule has 8 rings (SSSR count). The van der Waals surface area contributed by atoms with Crippen LogP contribution in [0.25, 0.3) is 33.6 Å². The Kier molecular flexibility index (Phi) is 12.9. The second kappa shape index (κ2) is 18.8. The Hall–Kier alpha value is -5.84. The number of aromatic amines is 2. The smallest absolute Gasteiger partial charge is 0.245 e. The van der Waals surface area contributed by atoms with Crippen LogP contribution in [0.3, 0.4) is 0 Å². The molecule has 0 aliphatic carbocycles. The number of nitrogens with zero attached hydrogens (tertiary/aromatic N) is 6. The van der Waals surface area contributed by atoms with E-state index in [0.29, 0.717) is 0 Å². The molecule has 10 heteroatoms. The third-order valence-corrected chi connectivity index (χ3v) is 12.9. The van der Waals surface area contributed by atoms with Crippen LogP contribution in [0.15, 0.2) is 115 Å². The zero-order valence-electron chi connectivity index (χ0n) is 36.3. The van der Waals surface area contributed by atoms with Gasteiger partial charge in [0.1, 0.15) is 23.7 Å². The molecule has 0 spiro atoms. The molecule has 0 saturated carbocycles. The molecule has 10 nitrogen and oxygen atoms in total. The highest BCUT2D eigenvalue weighted by Gasteiger charge is 2.39. The number of likely N-dealkylation sites (tertiary alicyclic amines) is 2. The van der Waals surface area contributed by atoms with Crippen LogP contribution in [0, 0.1) is 6.92 Å². The van der Waals surface area contributed by atoms with Crippen molar-refractivity contribution in [2.24, 2.45) is 0 Å². The van der Waals surface area contributed by atoms with E-state index in [1.165, 1.54) is 0 Å². The number of hydrogen-bond acceptors (Lipinski definition) is 6. The van der Waals surface area contributed by atoms with Crippen molar-refractivity contribution in [3.05, 3.63) is 144 Å². The van der Waals surface area contributed by atoms with Gasteiger partial charge in [-0.25, -0.2) is 9.97 Å². The Morgan fingerprint density at radius 2 is 1.05 bits per heavy atom. The van der Waals surface area contributed by atoms with Crippen molar-refractivity contribution < 1.29 is 9.59 Å². The molecule has 61 heavy (non-hydrogen) atoms. The normalized spacial score (nSPS) is 17.7. The third kappa shape index (κ3) is 8.57. The van der Waals surface area contributed by atoms with Crippen LogP contribution in [0.1, 0.15) is 106 Å². The molecular formula is C51H60N8O2. The molecule has 6 aromatic rings. The number of carbonyl (C=O) groups is 2. The second-order valence-corrected chi connectivity index (χ2v) is 16.4. The number of nitrogens with one attached hydrogen (secondary N) is 2. The zero-order chi connectivity index (χ0) is 42.5. The number of likely N-dealkylation sites (N-methyl/N-ethyl adjacent to an activating group) is 2. The van der Waals surface area contributed by atoms with Crippen LogP contribution in [0.5, 0.6) is 0 Å². The maximum atomic E-state index is 14.3. The number of rotatable bonds is 15. The highest BCUT2D eigenvalue weighted by atomic mass is 16.2. The summed E-state index contributed by atoms with van der Waals surface area (Å²) in [6.07, 6.45) is 5.57. The van der Waals surface area contributed by atoms with Gasteiger partial charge in [-0.15, -0.1) is 0 Å². The van der Waals surface area contributed by atoms with Gasteiger partial charge >= 0.3 is 0 Å². The predicted molar refractivity (Wildman–Crippen MR) is 243 cm³/mol. The summed E-state index contributed by atoms with van der Waals surface area (Å²) in [5.41, 5.74) is 9.25. The summed E-state index contributed by atoms with van der Waals surface area (Å²) in [6.45, 7) is 15.2. The highest BCUT2D eigenvalue weighted by molar-refractivity contribution is 5.85. The first-order valence-corrected chi connectivity index (χ1v) is 22.3. The zero-order valence-corrected chi connectivity index (χ0v) is 36.3. The van der Waals surface area contributed by atoms with Crippen molar-refractivity contribution in [3.63, 3.8) is 0 Å². The molecule has 4 aromatic carbocycles. The molecule has 4 heterocycles. The summed E-state index contributed by atoms with van der Waals surface area (Å²) in [5, 5.41) is 0. The number of H-pyrrole nitrogens is 2. The van der Waals surface area contributed by atoms with Crippen molar-refractivity contribution >= 4 is 11.8 Å². The molecule has 0 bridgehead atoms. The standard InChI is InChI=1S/C51H60N8O2/c1-6-56(7-2)46(40-18-12-10-13-19-40)50(60)58-32-16-22-43(58)48-52-34-42(54-48)38-28-24-36(25-29-38)37-26-30-39(31-27-37)45-35(5)53-49(55-45)44-23-17-33-59(44)51(61)47(57(8-3)9-4)41-20-14-11-15-21-41/h10-15,18-21,24-31,34,43-44,46-47H,6-9,16-17,22-23,32-33H2,1-5H3,(H,52,54)(H,53,55)/t43-,44-,46+,47+/m0/s1. The van der Waals surface area contributed by atoms with Crippen LogP contribution in [0.4, 0.5) is 0 Å². The molecule has 4 atom stereocenters. The van der Waals surface area contributed by atoms with E-state index < -0.39 is 0 Å². The Balaban J connectivity index is 0.951. The number of carbonyl (C=O) groups excluding carboxylic acids is 2. The largest absolute Gasteiger partial charge is 0.344 e. The van der Waals surface area contributed by atoms with E-state index in [-0.39, 0.29) is 36.0 Å². The molecular weight excluding hydrogens is 757 g/mol. The lowest BCUT2D eigenvalue weighted by Gasteiger charge is -2.34. The van der Waals surface area contributed by atoms with Crippen LogP contribution >= 0.6 is 0 Å².